The SMILES string of the molecule is Cc1ccc(Cc2cccc(C(N)=O)c2)c(CN)c1. The van der Waals surface area contributed by atoms with Gasteiger partial charge in [-0.1, -0.05) is 35.9 Å². The fourth-order valence-corrected chi connectivity index (χ4v) is 2.17. The molecule has 2 rings (SSSR count). The zero-order valence-corrected chi connectivity index (χ0v) is 11.0. The largest absolute Gasteiger partial charge is 0.366 e. The fraction of sp³-hybridized carbons (Fsp3) is 0.188. The van der Waals surface area contributed by atoms with Crippen molar-refractivity contribution in [2.45, 2.75) is 19.9 Å². The zero-order valence-electron chi connectivity index (χ0n) is 11.0. The smallest absolute Gasteiger partial charge is 0.248 e. The molecule has 0 aliphatic carbocycles. The van der Waals surface area contributed by atoms with Crippen LogP contribution < -0.4 is 11.5 Å². The number of rotatable bonds is 4. The van der Waals surface area contributed by atoms with Crippen LogP contribution in [0.1, 0.15) is 32.6 Å². The Labute approximate surface area is 113 Å². The van der Waals surface area contributed by atoms with E-state index in [0.717, 1.165) is 17.5 Å². The van der Waals surface area contributed by atoms with E-state index in [9.17, 15) is 4.79 Å². The molecular weight excluding hydrogens is 236 g/mol. The lowest BCUT2D eigenvalue weighted by Crippen LogP contribution is -2.11. The van der Waals surface area contributed by atoms with Crippen molar-refractivity contribution in [2.75, 3.05) is 0 Å². The maximum absolute atomic E-state index is 11.2. The minimum Gasteiger partial charge on any atom is -0.366 e. The van der Waals surface area contributed by atoms with Crippen LogP contribution in [0, 0.1) is 6.92 Å². The molecule has 0 saturated carbocycles. The summed E-state index contributed by atoms with van der Waals surface area (Å²) in [4.78, 5) is 11.2. The van der Waals surface area contributed by atoms with E-state index in [1.165, 1.54) is 11.1 Å². The molecule has 0 aromatic heterocycles. The first-order valence-electron chi connectivity index (χ1n) is 6.27. The minimum atomic E-state index is -0.398. The zero-order chi connectivity index (χ0) is 13.8. The third-order valence-electron chi connectivity index (χ3n) is 3.19. The molecule has 0 unspecified atom stereocenters. The molecule has 0 saturated heterocycles. The van der Waals surface area contributed by atoms with Crippen molar-refractivity contribution in [1.29, 1.82) is 0 Å². The van der Waals surface area contributed by atoms with Crippen LogP contribution in [-0.2, 0) is 13.0 Å². The van der Waals surface area contributed by atoms with E-state index in [1.807, 2.05) is 18.2 Å². The molecule has 0 aliphatic rings. The fourth-order valence-electron chi connectivity index (χ4n) is 2.17. The molecule has 2 aromatic carbocycles. The van der Waals surface area contributed by atoms with Crippen molar-refractivity contribution in [2.24, 2.45) is 11.5 Å². The molecule has 0 atom stereocenters. The number of nitrogens with two attached hydrogens (primary N) is 2. The van der Waals surface area contributed by atoms with Crippen molar-refractivity contribution < 1.29 is 4.79 Å². The molecule has 4 N–H and O–H groups in total. The van der Waals surface area contributed by atoms with Crippen molar-refractivity contribution >= 4 is 5.91 Å². The Bertz CT molecular complexity index is 605. The van der Waals surface area contributed by atoms with Crippen LogP contribution in [0.2, 0.25) is 0 Å². The molecular formula is C16H18N2O. The quantitative estimate of drug-likeness (QED) is 0.877. The van der Waals surface area contributed by atoms with Crippen molar-refractivity contribution in [3.63, 3.8) is 0 Å². The molecule has 0 heterocycles. The van der Waals surface area contributed by atoms with Gasteiger partial charge in [0, 0.05) is 12.1 Å². The predicted molar refractivity (Wildman–Crippen MR) is 76.8 cm³/mol. The molecule has 0 radical (unpaired) electrons. The number of amides is 1. The highest BCUT2D eigenvalue weighted by Crippen LogP contribution is 2.17. The molecule has 19 heavy (non-hydrogen) atoms. The number of primary amides is 1. The van der Waals surface area contributed by atoms with Crippen LogP contribution in [-0.4, -0.2) is 5.91 Å². The van der Waals surface area contributed by atoms with Gasteiger partial charge in [0.05, 0.1) is 0 Å². The second kappa shape index (κ2) is 5.67. The average Bonchev–Trinajstić information content (AvgIpc) is 2.41. The first-order valence-corrected chi connectivity index (χ1v) is 6.27. The maximum Gasteiger partial charge on any atom is 0.248 e. The standard InChI is InChI=1S/C16H18N2O/c1-11-5-6-13(15(7-11)10-17)8-12-3-2-4-14(9-12)16(18)19/h2-7,9H,8,10,17H2,1H3,(H2,18,19). The number of carbonyl (C=O) groups excluding carboxylic acids is 1. The average molecular weight is 254 g/mol. The van der Waals surface area contributed by atoms with E-state index in [0.29, 0.717) is 12.1 Å². The molecule has 2 aromatic rings. The van der Waals surface area contributed by atoms with Gasteiger partial charge in [0.15, 0.2) is 0 Å². The Kier molecular flexibility index (Phi) is 3.97. The molecule has 0 bridgehead atoms. The highest BCUT2D eigenvalue weighted by atomic mass is 16.1. The highest BCUT2D eigenvalue weighted by molar-refractivity contribution is 5.92. The summed E-state index contributed by atoms with van der Waals surface area (Å²) in [6.45, 7) is 2.57. The molecule has 3 heteroatoms. The summed E-state index contributed by atoms with van der Waals surface area (Å²) in [6.07, 6.45) is 0.758. The minimum absolute atomic E-state index is 0.398. The van der Waals surface area contributed by atoms with Gasteiger partial charge in [0.2, 0.25) is 5.91 Å². The summed E-state index contributed by atoms with van der Waals surface area (Å²) in [5.41, 5.74) is 16.2. The topological polar surface area (TPSA) is 69.1 Å². The van der Waals surface area contributed by atoms with E-state index < -0.39 is 5.91 Å². The van der Waals surface area contributed by atoms with E-state index in [1.54, 1.807) is 6.07 Å². The monoisotopic (exact) mass is 254 g/mol. The van der Waals surface area contributed by atoms with Crippen LogP contribution in [0.5, 0.6) is 0 Å². The van der Waals surface area contributed by atoms with E-state index >= 15 is 0 Å². The number of hydrogen-bond acceptors (Lipinski definition) is 2. The summed E-state index contributed by atoms with van der Waals surface area (Å²) in [6, 6.07) is 13.7. The highest BCUT2D eigenvalue weighted by Gasteiger charge is 2.05. The second-order valence-electron chi connectivity index (χ2n) is 4.72. The Morgan fingerprint density at radius 2 is 1.89 bits per heavy atom. The summed E-state index contributed by atoms with van der Waals surface area (Å²) < 4.78 is 0. The van der Waals surface area contributed by atoms with E-state index in [4.69, 9.17) is 11.5 Å². The van der Waals surface area contributed by atoms with Crippen LogP contribution in [0.3, 0.4) is 0 Å². The third-order valence-corrected chi connectivity index (χ3v) is 3.19. The van der Waals surface area contributed by atoms with Gasteiger partial charge in [0.25, 0.3) is 0 Å². The van der Waals surface area contributed by atoms with Gasteiger partial charge in [-0.15, -0.1) is 0 Å². The van der Waals surface area contributed by atoms with Crippen LogP contribution in [0.4, 0.5) is 0 Å². The van der Waals surface area contributed by atoms with Gasteiger partial charge < -0.3 is 11.5 Å². The lowest BCUT2D eigenvalue weighted by Gasteiger charge is -2.09. The van der Waals surface area contributed by atoms with Crippen molar-refractivity contribution in [3.05, 3.63) is 70.3 Å². The summed E-state index contributed by atoms with van der Waals surface area (Å²) >= 11 is 0. The number of hydrogen-bond donors (Lipinski definition) is 2. The number of benzene rings is 2. The molecule has 1 amide bonds. The lowest BCUT2D eigenvalue weighted by atomic mass is 9.97. The van der Waals surface area contributed by atoms with Gasteiger partial charge in [-0.05, 0) is 42.2 Å². The molecule has 3 nitrogen and oxygen atoms in total. The van der Waals surface area contributed by atoms with Gasteiger partial charge >= 0.3 is 0 Å². The van der Waals surface area contributed by atoms with Crippen LogP contribution >= 0.6 is 0 Å². The van der Waals surface area contributed by atoms with Crippen LogP contribution in [0.25, 0.3) is 0 Å². The van der Waals surface area contributed by atoms with Gasteiger partial charge in [0.1, 0.15) is 0 Å². The molecule has 0 fully saturated rings. The van der Waals surface area contributed by atoms with Gasteiger partial charge in [-0.3, -0.25) is 4.79 Å². The summed E-state index contributed by atoms with van der Waals surface area (Å²) in [7, 11) is 0. The third kappa shape index (κ3) is 3.20. The predicted octanol–water partition coefficient (Wildman–Crippen LogP) is 2.14. The maximum atomic E-state index is 11.2. The molecule has 98 valence electrons. The normalized spacial score (nSPS) is 10.4. The first-order chi connectivity index (χ1) is 9.10. The number of carbonyl (C=O) groups is 1. The Morgan fingerprint density at radius 1 is 1.11 bits per heavy atom. The lowest BCUT2D eigenvalue weighted by molar-refractivity contribution is 0.1000. The Balaban J connectivity index is 2.30. The van der Waals surface area contributed by atoms with E-state index in [-0.39, 0.29) is 0 Å². The van der Waals surface area contributed by atoms with Crippen molar-refractivity contribution in [3.8, 4) is 0 Å². The Morgan fingerprint density at radius 3 is 2.58 bits per heavy atom. The molecule has 0 spiro atoms. The molecule has 0 aliphatic heterocycles. The first kappa shape index (κ1) is 13.3. The second-order valence-corrected chi connectivity index (χ2v) is 4.72. The Hall–Kier alpha value is -2.13. The summed E-state index contributed by atoms with van der Waals surface area (Å²) in [5.74, 6) is -0.398. The van der Waals surface area contributed by atoms with Crippen LogP contribution in [0.15, 0.2) is 42.5 Å². The van der Waals surface area contributed by atoms with Crippen molar-refractivity contribution in [1.82, 2.24) is 0 Å². The van der Waals surface area contributed by atoms with Gasteiger partial charge in [-0.2, -0.15) is 0 Å². The van der Waals surface area contributed by atoms with Gasteiger partial charge in [-0.25, -0.2) is 0 Å². The van der Waals surface area contributed by atoms with E-state index in [2.05, 4.69) is 25.1 Å². The number of aryl methyl sites for hydroxylation is 1. The summed E-state index contributed by atoms with van der Waals surface area (Å²) in [5, 5.41) is 0.